The maximum Gasteiger partial charge on any atom is 0.192 e. The second kappa shape index (κ2) is 5.37. The quantitative estimate of drug-likeness (QED) is 0.815. The van der Waals surface area contributed by atoms with Crippen LogP contribution >= 0.6 is 11.8 Å². The van der Waals surface area contributed by atoms with Crippen molar-refractivity contribution in [2.45, 2.75) is 37.3 Å². The molecule has 6 heteroatoms. The lowest BCUT2D eigenvalue weighted by atomic mass is 9.87. The smallest absolute Gasteiger partial charge is 0.192 e. The average molecular weight is 317 g/mol. The Balaban J connectivity index is 1.68. The lowest BCUT2D eigenvalue weighted by Gasteiger charge is -2.34. The number of benzene rings is 1. The molecule has 0 saturated carbocycles. The summed E-state index contributed by atoms with van der Waals surface area (Å²) in [6.45, 7) is 5.84. The highest BCUT2D eigenvalue weighted by molar-refractivity contribution is 7.99. The summed E-state index contributed by atoms with van der Waals surface area (Å²) in [4.78, 5) is 0. The Morgan fingerprint density at radius 1 is 1.23 bits per heavy atom. The van der Waals surface area contributed by atoms with Gasteiger partial charge in [0.1, 0.15) is 0 Å². The third-order valence-electron chi connectivity index (χ3n) is 4.16. The van der Waals surface area contributed by atoms with Crippen LogP contribution in [0.5, 0.6) is 0 Å². The van der Waals surface area contributed by atoms with Crippen LogP contribution in [-0.2, 0) is 21.4 Å². The highest BCUT2D eigenvalue weighted by Crippen LogP contribution is 2.39. The van der Waals surface area contributed by atoms with Crippen molar-refractivity contribution in [2.75, 3.05) is 19.0 Å². The number of hydrogen-bond acceptors (Lipinski definition) is 5. The molecule has 5 nitrogen and oxygen atoms in total. The molecule has 0 bridgehead atoms. The fourth-order valence-corrected chi connectivity index (χ4v) is 4.21. The molecule has 0 unspecified atom stereocenters. The van der Waals surface area contributed by atoms with E-state index in [4.69, 9.17) is 9.47 Å². The van der Waals surface area contributed by atoms with Crippen molar-refractivity contribution in [3.8, 4) is 11.4 Å². The summed E-state index contributed by atoms with van der Waals surface area (Å²) >= 11 is 1.66. The molecule has 0 N–H and O–H groups in total. The predicted octanol–water partition coefficient (Wildman–Crippen LogP) is 2.70. The molecule has 3 heterocycles. The van der Waals surface area contributed by atoms with Gasteiger partial charge in [-0.25, -0.2) is 0 Å². The molecule has 2 aliphatic heterocycles. The molecule has 1 fully saturated rings. The van der Waals surface area contributed by atoms with Gasteiger partial charge >= 0.3 is 0 Å². The summed E-state index contributed by atoms with van der Waals surface area (Å²) in [5.74, 6) is 1.71. The first-order valence-corrected chi connectivity index (χ1v) is 8.54. The Morgan fingerprint density at radius 2 is 2.00 bits per heavy atom. The Morgan fingerprint density at radius 3 is 2.82 bits per heavy atom. The van der Waals surface area contributed by atoms with E-state index >= 15 is 0 Å². The number of thioether (sulfide) groups is 1. The van der Waals surface area contributed by atoms with E-state index in [0.717, 1.165) is 23.2 Å². The van der Waals surface area contributed by atoms with Gasteiger partial charge in [0, 0.05) is 11.1 Å². The van der Waals surface area contributed by atoms with Crippen LogP contribution in [-0.4, -0.2) is 40.0 Å². The topological polar surface area (TPSA) is 49.2 Å². The predicted molar refractivity (Wildman–Crippen MR) is 84.9 cm³/mol. The van der Waals surface area contributed by atoms with Crippen LogP contribution < -0.4 is 0 Å². The van der Waals surface area contributed by atoms with Crippen molar-refractivity contribution in [3.63, 3.8) is 0 Å². The molecule has 0 atom stereocenters. The first-order valence-electron chi connectivity index (χ1n) is 7.55. The van der Waals surface area contributed by atoms with Gasteiger partial charge in [-0.1, -0.05) is 36.0 Å². The minimum Gasteiger partial charge on any atom is -0.349 e. The summed E-state index contributed by atoms with van der Waals surface area (Å²) in [5.41, 5.74) is 2.49. The number of aromatic nitrogens is 3. The van der Waals surface area contributed by atoms with Gasteiger partial charge in [0.2, 0.25) is 0 Å². The average Bonchev–Trinajstić information content (AvgIpc) is 3.14. The van der Waals surface area contributed by atoms with E-state index < -0.39 is 0 Å². The maximum atomic E-state index is 5.50. The monoisotopic (exact) mass is 317 g/mol. The zero-order chi connectivity index (χ0) is 15.2. The second-order valence-corrected chi connectivity index (χ2v) is 7.26. The molecule has 0 spiro atoms. The van der Waals surface area contributed by atoms with Gasteiger partial charge in [-0.3, -0.25) is 4.57 Å². The van der Waals surface area contributed by atoms with Gasteiger partial charge in [-0.05, 0) is 25.8 Å². The third-order valence-corrected chi connectivity index (χ3v) is 5.12. The van der Waals surface area contributed by atoms with Gasteiger partial charge in [0.05, 0.1) is 19.0 Å². The van der Waals surface area contributed by atoms with Crippen LogP contribution in [0.1, 0.15) is 19.4 Å². The summed E-state index contributed by atoms with van der Waals surface area (Å²) in [6, 6.07) is 8.46. The largest absolute Gasteiger partial charge is 0.349 e. The summed E-state index contributed by atoms with van der Waals surface area (Å²) in [7, 11) is 0. The Hall–Kier alpha value is -1.37. The number of ether oxygens (including phenoxy) is 2. The number of hydrogen-bond donors (Lipinski definition) is 0. The second-order valence-electron chi connectivity index (χ2n) is 6.27. The fraction of sp³-hybridized carbons (Fsp3) is 0.500. The van der Waals surface area contributed by atoms with Crippen LogP contribution in [0.3, 0.4) is 0 Å². The SMILES string of the molecule is CC1(C)Cc2ccccc2-c2nnc(SCC3OCCO3)n21. The molecule has 1 aromatic heterocycles. The lowest BCUT2D eigenvalue weighted by molar-refractivity contribution is -0.0215. The maximum absolute atomic E-state index is 5.50. The van der Waals surface area contributed by atoms with E-state index in [1.54, 1.807) is 11.8 Å². The van der Waals surface area contributed by atoms with Gasteiger partial charge in [-0.2, -0.15) is 0 Å². The van der Waals surface area contributed by atoms with Crippen molar-refractivity contribution >= 4 is 11.8 Å². The molecule has 116 valence electrons. The molecule has 0 amide bonds. The summed E-state index contributed by atoms with van der Waals surface area (Å²) in [5, 5.41) is 9.81. The molecule has 1 saturated heterocycles. The fourth-order valence-electron chi connectivity index (χ4n) is 3.17. The van der Waals surface area contributed by atoms with E-state index in [9.17, 15) is 0 Å². The summed E-state index contributed by atoms with van der Waals surface area (Å²) < 4.78 is 13.3. The molecular formula is C16H19N3O2S. The van der Waals surface area contributed by atoms with Crippen LogP contribution in [0.2, 0.25) is 0 Å². The molecule has 2 aromatic rings. The Kier molecular flexibility index (Phi) is 3.47. The first-order chi connectivity index (χ1) is 10.6. The zero-order valence-electron chi connectivity index (χ0n) is 12.8. The van der Waals surface area contributed by atoms with E-state index in [2.05, 4.69) is 52.9 Å². The van der Waals surface area contributed by atoms with Crippen LogP contribution in [0.4, 0.5) is 0 Å². The molecule has 2 aliphatic rings. The third kappa shape index (κ3) is 2.35. The molecule has 22 heavy (non-hydrogen) atoms. The minimum absolute atomic E-state index is 0.0348. The van der Waals surface area contributed by atoms with Crippen molar-refractivity contribution in [1.82, 2.24) is 14.8 Å². The van der Waals surface area contributed by atoms with E-state index in [1.807, 2.05) is 0 Å². The van der Waals surface area contributed by atoms with Gasteiger partial charge < -0.3 is 9.47 Å². The summed E-state index contributed by atoms with van der Waals surface area (Å²) in [6.07, 6.45) is 0.856. The van der Waals surface area contributed by atoms with Crippen LogP contribution in [0, 0.1) is 0 Å². The van der Waals surface area contributed by atoms with Gasteiger partial charge in [0.25, 0.3) is 0 Å². The molecule has 0 aliphatic carbocycles. The van der Waals surface area contributed by atoms with Crippen LogP contribution in [0.15, 0.2) is 29.4 Å². The van der Waals surface area contributed by atoms with Crippen LogP contribution in [0.25, 0.3) is 11.4 Å². The number of rotatable bonds is 3. The van der Waals surface area contributed by atoms with E-state index in [-0.39, 0.29) is 11.8 Å². The van der Waals surface area contributed by atoms with Crippen molar-refractivity contribution < 1.29 is 9.47 Å². The standard InChI is InChI=1S/C16H19N3O2S/c1-16(2)9-11-5-3-4-6-12(11)14-17-18-15(19(14)16)22-10-13-20-7-8-21-13/h3-6,13H,7-10H2,1-2H3. The molecule has 0 radical (unpaired) electrons. The Bertz CT molecular complexity index is 692. The molecule has 4 rings (SSSR count). The Labute approximate surface area is 134 Å². The first kappa shape index (κ1) is 14.2. The van der Waals surface area contributed by atoms with Crippen molar-refractivity contribution in [2.24, 2.45) is 0 Å². The molecular weight excluding hydrogens is 298 g/mol. The van der Waals surface area contributed by atoms with Gasteiger partial charge in [-0.15, -0.1) is 10.2 Å². The minimum atomic E-state index is -0.128. The highest BCUT2D eigenvalue weighted by atomic mass is 32.2. The molecule has 1 aromatic carbocycles. The normalized spacial score (nSPS) is 19.9. The van der Waals surface area contributed by atoms with Crippen molar-refractivity contribution in [1.29, 1.82) is 0 Å². The number of fused-ring (bicyclic) bond motifs is 3. The highest BCUT2D eigenvalue weighted by Gasteiger charge is 2.34. The van der Waals surface area contributed by atoms with E-state index in [0.29, 0.717) is 13.2 Å². The van der Waals surface area contributed by atoms with Gasteiger partial charge in [0.15, 0.2) is 17.3 Å². The number of nitrogens with zero attached hydrogens (tertiary/aromatic N) is 3. The zero-order valence-corrected chi connectivity index (χ0v) is 13.6. The van der Waals surface area contributed by atoms with E-state index in [1.165, 1.54) is 11.1 Å². The van der Waals surface area contributed by atoms with Crippen molar-refractivity contribution in [3.05, 3.63) is 29.8 Å². The lowest BCUT2D eigenvalue weighted by Crippen LogP contribution is -2.33.